The molecule has 0 radical (unpaired) electrons. The van der Waals surface area contributed by atoms with Gasteiger partial charge in [0.15, 0.2) is 5.82 Å². The topological polar surface area (TPSA) is 46.9 Å². The average molecular weight is 297 g/mol. The molecule has 0 saturated heterocycles. The van der Waals surface area contributed by atoms with Crippen molar-refractivity contribution in [2.75, 3.05) is 5.32 Å². The van der Waals surface area contributed by atoms with Crippen molar-refractivity contribution in [1.82, 2.24) is 9.78 Å². The third-order valence-corrected chi connectivity index (χ3v) is 4.53. The summed E-state index contributed by atoms with van der Waals surface area (Å²) in [4.78, 5) is 12.7. The SMILES string of the molecule is Cn1ccc(NC(=O)[C@H](CC2CCCC2)c2ccccc2)n1. The zero-order valence-electron chi connectivity index (χ0n) is 13.0. The minimum absolute atomic E-state index is 0.0526. The van der Waals surface area contributed by atoms with Gasteiger partial charge in [-0.15, -0.1) is 0 Å². The van der Waals surface area contributed by atoms with Crippen LogP contribution < -0.4 is 5.32 Å². The second-order valence-corrected chi connectivity index (χ2v) is 6.21. The fourth-order valence-corrected chi connectivity index (χ4v) is 3.35. The Morgan fingerprint density at radius 2 is 2.00 bits per heavy atom. The lowest BCUT2D eigenvalue weighted by Crippen LogP contribution is -2.23. The predicted octanol–water partition coefficient (Wildman–Crippen LogP) is 3.72. The molecule has 1 aliphatic carbocycles. The van der Waals surface area contributed by atoms with Crippen LogP contribution in [0, 0.1) is 5.92 Å². The first kappa shape index (κ1) is 14.8. The summed E-state index contributed by atoms with van der Waals surface area (Å²) in [5, 5.41) is 7.21. The molecule has 1 amide bonds. The number of hydrogen-bond donors (Lipinski definition) is 1. The Kier molecular flexibility index (Phi) is 4.56. The highest BCUT2D eigenvalue weighted by Crippen LogP contribution is 2.34. The monoisotopic (exact) mass is 297 g/mol. The lowest BCUT2D eigenvalue weighted by Gasteiger charge is -2.20. The normalized spacial score (nSPS) is 16.6. The van der Waals surface area contributed by atoms with Gasteiger partial charge in [0, 0.05) is 19.3 Å². The highest BCUT2D eigenvalue weighted by molar-refractivity contribution is 5.95. The van der Waals surface area contributed by atoms with Crippen LogP contribution >= 0.6 is 0 Å². The molecule has 3 rings (SSSR count). The van der Waals surface area contributed by atoms with Crippen LogP contribution in [0.5, 0.6) is 0 Å². The van der Waals surface area contributed by atoms with Crippen molar-refractivity contribution in [3.05, 3.63) is 48.2 Å². The van der Waals surface area contributed by atoms with E-state index >= 15 is 0 Å². The van der Waals surface area contributed by atoms with Gasteiger partial charge in [0.2, 0.25) is 5.91 Å². The number of rotatable bonds is 5. The Balaban J connectivity index is 1.76. The Hall–Kier alpha value is -2.10. The Morgan fingerprint density at radius 3 is 2.64 bits per heavy atom. The van der Waals surface area contributed by atoms with Crippen LogP contribution in [0.4, 0.5) is 5.82 Å². The third-order valence-electron chi connectivity index (χ3n) is 4.53. The molecular weight excluding hydrogens is 274 g/mol. The molecule has 0 spiro atoms. The molecule has 1 heterocycles. The summed E-state index contributed by atoms with van der Waals surface area (Å²) >= 11 is 0. The first-order chi connectivity index (χ1) is 10.7. The molecule has 1 fully saturated rings. The van der Waals surface area contributed by atoms with Crippen LogP contribution in [0.15, 0.2) is 42.6 Å². The van der Waals surface area contributed by atoms with E-state index in [1.165, 1.54) is 25.7 Å². The maximum absolute atomic E-state index is 12.7. The van der Waals surface area contributed by atoms with Gasteiger partial charge in [-0.05, 0) is 17.9 Å². The van der Waals surface area contributed by atoms with E-state index in [1.54, 1.807) is 4.68 Å². The lowest BCUT2D eigenvalue weighted by atomic mass is 9.87. The van der Waals surface area contributed by atoms with E-state index in [-0.39, 0.29) is 11.8 Å². The zero-order chi connectivity index (χ0) is 15.4. The number of amides is 1. The van der Waals surface area contributed by atoms with Crippen molar-refractivity contribution < 1.29 is 4.79 Å². The number of hydrogen-bond acceptors (Lipinski definition) is 2. The molecule has 1 atom stereocenters. The molecule has 0 aliphatic heterocycles. The van der Waals surface area contributed by atoms with Crippen molar-refractivity contribution in [3.8, 4) is 0 Å². The van der Waals surface area contributed by atoms with Gasteiger partial charge in [0.1, 0.15) is 0 Å². The van der Waals surface area contributed by atoms with Crippen molar-refractivity contribution in [1.29, 1.82) is 0 Å². The summed E-state index contributed by atoms with van der Waals surface area (Å²) in [6, 6.07) is 11.9. The molecule has 116 valence electrons. The standard InChI is InChI=1S/C18H23N3O/c1-21-12-11-17(20-21)19-18(22)16(13-14-7-5-6-8-14)15-9-3-2-4-10-15/h2-4,9-12,14,16H,5-8,13H2,1H3,(H,19,20,22)/t16-/m1/s1. The van der Waals surface area contributed by atoms with Gasteiger partial charge in [0.25, 0.3) is 0 Å². The molecular formula is C18H23N3O. The van der Waals surface area contributed by atoms with E-state index in [0.717, 1.165) is 12.0 Å². The number of carbonyl (C=O) groups is 1. The van der Waals surface area contributed by atoms with Crippen molar-refractivity contribution in [3.63, 3.8) is 0 Å². The second kappa shape index (κ2) is 6.77. The largest absolute Gasteiger partial charge is 0.309 e. The fourth-order valence-electron chi connectivity index (χ4n) is 3.35. The maximum atomic E-state index is 12.7. The van der Waals surface area contributed by atoms with E-state index in [2.05, 4.69) is 22.5 Å². The van der Waals surface area contributed by atoms with Crippen molar-refractivity contribution in [2.45, 2.75) is 38.0 Å². The molecule has 2 aromatic rings. The van der Waals surface area contributed by atoms with Crippen LogP contribution in [0.1, 0.15) is 43.6 Å². The van der Waals surface area contributed by atoms with Crippen LogP contribution in [0.3, 0.4) is 0 Å². The van der Waals surface area contributed by atoms with E-state index in [1.807, 2.05) is 37.5 Å². The maximum Gasteiger partial charge on any atom is 0.233 e. The number of aromatic nitrogens is 2. The van der Waals surface area contributed by atoms with Gasteiger partial charge in [-0.25, -0.2) is 0 Å². The smallest absolute Gasteiger partial charge is 0.233 e. The fraction of sp³-hybridized carbons (Fsp3) is 0.444. The molecule has 1 aromatic heterocycles. The number of nitrogens with one attached hydrogen (secondary N) is 1. The number of nitrogens with zero attached hydrogens (tertiary/aromatic N) is 2. The lowest BCUT2D eigenvalue weighted by molar-refractivity contribution is -0.118. The quantitative estimate of drug-likeness (QED) is 0.914. The minimum Gasteiger partial charge on any atom is -0.309 e. The van der Waals surface area contributed by atoms with E-state index in [9.17, 15) is 4.79 Å². The Labute approximate surface area is 131 Å². The Bertz CT molecular complexity index is 614. The van der Waals surface area contributed by atoms with Gasteiger partial charge in [-0.1, -0.05) is 56.0 Å². The molecule has 0 bridgehead atoms. The van der Waals surface area contributed by atoms with E-state index in [4.69, 9.17) is 0 Å². The summed E-state index contributed by atoms with van der Waals surface area (Å²) in [6.45, 7) is 0. The number of benzene rings is 1. The van der Waals surface area contributed by atoms with Crippen LogP contribution in [-0.4, -0.2) is 15.7 Å². The van der Waals surface area contributed by atoms with E-state index < -0.39 is 0 Å². The van der Waals surface area contributed by atoms with E-state index in [0.29, 0.717) is 11.7 Å². The number of anilines is 1. The summed E-state index contributed by atoms with van der Waals surface area (Å²) in [5.74, 6) is 1.25. The molecule has 4 nitrogen and oxygen atoms in total. The van der Waals surface area contributed by atoms with Gasteiger partial charge >= 0.3 is 0 Å². The van der Waals surface area contributed by atoms with Crippen molar-refractivity contribution >= 4 is 11.7 Å². The predicted molar refractivity (Wildman–Crippen MR) is 87.6 cm³/mol. The molecule has 4 heteroatoms. The third kappa shape index (κ3) is 3.56. The molecule has 1 aromatic carbocycles. The van der Waals surface area contributed by atoms with Gasteiger partial charge in [-0.3, -0.25) is 9.48 Å². The number of aryl methyl sites for hydroxylation is 1. The first-order valence-electron chi connectivity index (χ1n) is 8.08. The molecule has 1 aliphatic rings. The van der Waals surface area contributed by atoms with Gasteiger partial charge in [-0.2, -0.15) is 5.10 Å². The van der Waals surface area contributed by atoms with Crippen LogP contribution in [-0.2, 0) is 11.8 Å². The summed E-state index contributed by atoms with van der Waals surface area (Å²) in [7, 11) is 1.85. The average Bonchev–Trinajstić information content (AvgIpc) is 3.17. The molecule has 1 saturated carbocycles. The minimum atomic E-state index is -0.0914. The summed E-state index contributed by atoms with van der Waals surface area (Å²) < 4.78 is 1.70. The van der Waals surface area contributed by atoms with Crippen LogP contribution in [0.2, 0.25) is 0 Å². The first-order valence-corrected chi connectivity index (χ1v) is 8.08. The second-order valence-electron chi connectivity index (χ2n) is 6.21. The Morgan fingerprint density at radius 1 is 1.27 bits per heavy atom. The summed E-state index contributed by atoms with van der Waals surface area (Å²) in [6.07, 6.45) is 7.87. The van der Waals surface area contributed by atoms with Gasteiger partial charge in [0.05, 0.1) is 5.92 Å². The highest BCUT2D eigenvalue weighted by atomic mass is 16.2. The molecule has 0 unspecified atom stereocenters. The van der Waals surface area contributed by atoms with Gasteiger partial charge < -0.3 is 5.32 Å². The van der Waals surface area contributed by atoms with Crippen molar-refractivity contribution in [2.24, 2.45) is 13.0 Å². The van der Waals surface area contributed by atoms with Crippen LogP contribution in [0.25, 0.3) is 0 Å². The number of carbonyl (C=O) groups excluding carboxylic acids is 1. The highest BCUT2D eigenvalue weighted by Gasteiger charge is 2.26. The molecule has 1 N–H and O–H groups in total. The zero-order valence-corrected chi connectivity index (χ0v) is 13.0. The summed E-state index contributed by atoms with van der Waals surface area (Å²) in [5.41, 5.74) is 1.10. The molecule has 22 heavy (non-hydrogen) atoms.